The molecule has 1 aromatic carbocycles. The zero-order valence-electron chi connectivity index (χ0n) is 9.34. The van der Waals surface area contributed by atoms with Gasteiger partial charge in [-0.3, -0.25) is 4.79 Å². The molecule has 88 valence electrons. The van der Waals surface area contributed by atoms with Crippen LogP contribution in [-0.4, -0.2) is 17.3 Å². The number of amides is 1. The topological polar surface area (TPSA) is 29.1 Å². The van der Waals surface area contributed by atoms with Crippen LogP contribution in [0.5, 0.6) is 0 Å². The summed E-state index contributed by atoms with van der Waals surface area (Å²) in [7, 11) is 0. The minimum Gasteiger partial charge on any atom is -0.349 e. The minimum absolute atomic E-state index is 0.0584. The first-order chi connectivity index (χ1) is 7.54. The molecule has 0 aromatic heterocycles. The highest BCUT2D eigenvalue weighted by atomic mass is 79.9. The third-order valence-corrected chi connectivity index (χ3v) is 3.84. The van der Waals surface area contributed by atoms with E-state index >= 15 is 0 Å². The first kappa shape index (κ1) is 13.5. The van der Waals surface area contributed by atoms with E-state index < -0.39 is 0 Å². The monoisotopic (exact) mass is 303 g/mol. The Hall–Kier alpha value is -0.540. The van der Waals surface area contributed by atoms with E-state index in [0.717, 1.165) is 5.33 Å². The predicted octanol–water partition coefficient (Wildman–Crippen LogP) is 3.49. The maximum atomic E-state index is 11.8. The van der Waals surface area contributed by atoms with Gasteiger partial charge in [-0.05, 0) is 37.1 Å². The van der Waals surface area contributed by atoms with Crippen molar-refractivity contribution in [1.29, 1.82) is 0 Å². The van der Waals surface area contributed by atoms with Crippen LogP contribution in [0, 0.1) is 5.92 Å². The van der Waals surface area contributed by atoms with Crippen molar-refractivity contribution in [3.05, 3.63) is 34.9 Å². The second kappa shape index (κ2) is 6.26. The van der Waals surface area contributed by atoms with Gasteiger partial charge in [0.15, 0.2) is 0 Å². The molecule has 0 spiro atoms. The standard InChI is InChI=1S/C12H15BrClNO/c1-8(7-13)9(2)15-12(16)10-3-5-11(14)6-4-10/h3-6,8-9H,7H2,1-2H3,(H,15,16). The van der Waals surface area contributed by atoms with E-state index in [1.54, 1.807) is 24.3 Å². The fraction of sp³-hybridized carbons (Fsp3) is 0.417. The second-order valence-electron chi connectivity index (χ2n) is 3.90. The highest BCUT2D eigenvalue weighted by Crippen LogP contribution is 2.11. The van der Waals surface area contributed by atoms with Gasteiger partial charge >= 0.3 is 0 Å². The first-order valence-corrected chi connectivity index (χ1v) is 6.67. The van der Waals surface area contributed by atoms with E-state index in [2.05, 4.69) is 28.2 Å². The van der Waals surface area contributed by atoms with Gasteiger partial charge in [0.1, 0.15) is 0 Å². The predicted molar refractivity (Wildman–Crippen MR) is 71.3 cm³/mol. The molecule has 1 aromatic rings. The fourth-order valence-corrected chi connectivity index (χ4v) is 1.85. The van der Waals surface area contributed by atoms with Crippen LogP contribution in [0.1, 0.15) is 24.2 Å². The lowest BCUT2D eigenvalue weighted by Crippen LogP contribution is -2.37. The summed E-state index contributed by atoms with van der Waals surface area (Å²) in [6.45, 7) is 4.08. The Labute approximate surface area is 110 Å². The first-order valence-electron chi connectivity index (χ1n) is 5.17. The van der Waals surface area contributed by atoms with Crippen molar-refractivity contribution in [1.82, 2.24) is 5.32 Å². The molecule has 0 aliphatic heterocycles. The molecule has 2 unspecified atom stereocenters. The summed E-state index contributed by atoms with van der Waals surface area (Å²) in [5.74, 6) is 0.341. The van der Waals surface area contributed by atoms with Gasteiger partial charge in [0.2, 0.25) is 0 Å². The van der Waals surface area contributed by atoms with Crippen molar-refractivity contribution in [3.63, 3.8) is 0 Å². The Morgan fingerprint density at radius 2 is 1.94 bits per heavy atom. The molecule has 1 N–H and O–H groups in total. The maximum Gasteiger partial charge on any atom is 0.251 e. The zero-order valence-corrected chi connectivity index (χ0v) is 11.7. The molecule has 0 bridgehead atoms. The number of benzene rings is 1. The number of alkyl halides is 1. The Morgan fingerprint density at radius 3 is 2.44 bits per heavy atom. The molecule has 0 radical (unpaired) electrons. The number of halogens is 2. The van der Waals surface area contributed by atoms with Crippen LogP contribution < -0.4 is 5.32 Å². The van der Waals surface area contributed by atoms with Crippen LogP contribution in [0.15, 0.2) is 24.3 Å². The van der Waals surface area contributed by atoms with Crippen molar-refractivity contribution in [3.8, 4) is 0 Å². The minimum atomic E-state index is -0.0584. The van der Waals surface area contributed by atoms with Gasteiger partial charge in [0.05, 0.1) is 0 Å². The SMILES string of the molecule is CC(CBr)C(C)NC(=O)c1ccc(Cl)cc1. The van der Waals surface area contributed by atoms with Gasteiger partial charge in [0.25, 0.3) is 5.91 Å². The van der Waals surface area contributed by atoms with E-state index in [1.165, 1.54) is 0 Å². The lowest BCUT2D eigenvalue weighted by Gasteiger charge is -2.19. The van der Waals surface area contributed by atoms with E-state index in [1.807, 2.05) is 6.92 Å². The molecule has 1 rings (SSSR count). The molecular weight excluding hydrogens is 289 g/mol. The van der Waals surface area contributed by atoms with Gasteiger partial charge in [-0.15, -0.1) is 0 Å². The van der Waals surface area contributed by atoms with Crippen LogP contribution in [0.4, 0.5) is 0 Å². The van der Waals surface area contributed by atoms with E-state index in [0.29, 0.717) is 16.5 Å². The molecule has 1 amide bonds. The number of nitrogens with one attached hydrogen (secondary N) is 1. The van der Waals surface area contributed by atoms with Crippen LogP contribution in [0.2, 0.25) is 5.02 Å². The molecule has 0 fully saturated rings. The van der Waals surface area contributed by atoms with Gasteiger partial charge in [-0.2, -0.15) is 0 Å². The summed E-state index contributed by atoms with van der Waals surface area (Å²) in [6.07, 6.45) is 0. The summed E-state index contributed by atoms with van der Waals surface area (Å²) >= 11 is 9.16. The zero-order chi connectivity index (χ0) is 12.1. The van der Waals surface area contributed by atoms with Crippen LogP contribution in [0.25, 0.3) is 0 Å². The Kier molecular flexibility index (Phi) is 5.29. The number of rotatable bonds is 4. The Morgan fingerprint density at radius 1 is 1.38 bits per heavy atom. The summed E-state index contributed by atoms with van der Waals surface area (Å²) in [4.78, 5) is 11.8. The maximum absolute atomic E-state index is 11.8. The molecule has 0 saturated carbocycles. The molecule has 0 aliphatic rings. The normalized spacial score (nSPS) is 14.2. The van der Waals surface area contributed by atoms with E-state index in [4.69, 9.17) is 11.6 Å². The summed E-state index contributed by atoms with van der Waals surface area (Å²) in [5.41, 5.74) is 0.637. The summed E-state index contributed by atoms with van der Waals surface area (Å²) in [6, 6.07) is 7.03. The molecular formula is C12H15BrClNO. The Balaban J connectivity index is 2.62. The highest BCUT2D eigenvalue weighted by Gasteiger charge is 2.14. The third-order valence-electron chi connectivity index (χ3n) is 2.56. The highest BCUT2D eigenvalue weighted by molar-refractivity contribution is 9.09. The Bertz CT molecular complexity index is 353. The molecule has 2 atom stereocenters. The molecule has 0 heterocycles. The fourth-order valence-electron chi connectivity index (χ4n) is 1.17. The van der Waals surface area contributed by atoms with Gasteiger partial charge < -0.3 is 5.32 Å². The molecule has 4 heteroatoms. The number of carbonyl (C=O) groups is 1. The van der Waals surface area contributed by atoms with Crippen molar-refractivity contribution in [2.24, 2.45) is 5.92 Å². The summed E-state index contributed by atoms with van der Waals surface area (Å²) in [5, 5.41) is 4.46. The molecule has 2 nitrogen and oxygen atoms in total. The van der Waals surface area contributed by atoms with E-state index in [-0.39, 0.29) is 11.9 Å². The smallest absolute Gasteiger partial charge is 0.251 e. The third kappa shape index (κ3) is 3.80. The molecule has 0 saturated heterocycles. The van der Waals surface area contributed by atoms with Crippen molar-refractivity contribution < 1.29 is 4.79 Å². The summed E-state index contributed by atoms with van der Waals surface area (Å²) < 4.78 is 0. The van der Waals surface area contributed by atoms with Crippen LogP contribution in [0.3, 0.4) is 0 Å². The molecule has 0 aliphatic carbocycles. The average Bonchev–Trinajstić information content (AvgIpc) is 2.28. The van der Waals surface area contributed by atoms with Gasteiger partial charge in [0, 0.05) is 22.0 Å². The van der Waals surface area contributed by atoms with Gasteiger partial charge in [-0.25, -0.2) is 0 Å². The van der Waals surface area contributed by atoms with E-state index in [9.17, 15) is 4.79 Å². The van der Waals surface area contributed by atoms with Crippen molar-refractivity contribution in [2.75, 3.05) is 5.33 Å². The number of carbonyl (C=O) groups excluding carboxylic acids is 1. The molecule has 16 heavy (non-hydrogen) atoms. The average molecular weight is 305 g/mol. The quantitative estimate of drug-likeness (QED) is 0.848. The van der Waals surface area contributed by atoms with Crippen LogP contribution >= 0.6 is 27.5 Å². The lowest BCUT2D eigenvalue weighted by atomic mass is 10.1. The number of hydrogen-bond acceptors (Lipinski definition) is 1. The number of hydrogen-bond donors (Lipinski definition) is 1. The van der Waals surface area contributed by atoms with Crippen LogP contribution in [-0.2, 0) is 0 Å². The van der Waals surface area contributed by atoms with Crippen molar-refractivity contribution >= 4 is 33.4 Å². The second-order valence-corrected chi connectivity index (χ2v) is 4.98. The largest absolute Gasteiger partial charge is 0.349 e. The lowest BCUT2D eigenvalue weighted by molar-refractivity contribution is 0.0931. The van der Waals surface area contributed by atoms with Crippen molar-refractivity contribution in [2.45, 2.75) is 19.9 Å². The van der Waals surface area contributed by atoms with Gasteiger partial charge in [-0.1, -0.05) is 34.5 Å².